The van der Waals surface area contributed by atoms with E-state index in [0.29, 0.717) is 5.02 Å². The van der Waals surface area contributed by atoms with Gasteiger partial charge in [0.05, 0.1) is 6.04 Å². The monoisotopic (exact) mass is 253 g/mol. The molecule has 2 atom stereocenters. The van der Waals surface area contributed by atoms with Gasteiger partial charge in [-0.15, -0.1) is 0 Å². The molecule has 0 bridgehead atoms. The van der Waals surface area contributed by atoms with E-state index in [2.05, 4.69) is 5.32 Å². The number of nitrogens with one attached hydrogen (secondary N) is 1. The van der Waals surface area contributed by atoms with E-state index in [0.717, 1.165) is 5.56 Å². The Morgan fingerprint density at radius 3 is 2.41 bits per heavy atom. The van der Waals surface area contributed by atoms with Gasteiger partial charge in [-0.2, -0.15) is 0 Å². The first-order chi connectivity index (χ1) is 7.87. The number of carbonyl (C=O) groups is 1. The van der Waals surface area contributed by atoms with E-state index in [4.69, 9.17) is 16.3 Å². The Bertz CT molecular complexity index is 422. The molecule has 1 aliphatic heterocycles. The molecule has 0 saturated carbocycles. The molecule has 1 N–H and O–H groups in total. The van der Waals surface area contributed by atoms with Gasteiger partial charge in [-0.25, -0.2) is 0 Å². The summed E-state index contributed by atoms with van der Waals surface area (Å²) in [6, 6.07) is 7.32. The van der Waals surface area contributed by atoms with E-state index in [1.165, 1.54) is 0 Å². The highest BCUT2D eigenvalue weighted by atomic mass is 35.5. The molecule has 2 unspecified atom stereocenters. The fourth-order valence-electron chi connectivity index (χ4n) is 1.67. The van der Waals surface area contributed by atoms with E-state index < -0.39 is 5.60 Å². The predicted molar refractivity (Wildman–Crippen MR) is 67.0 cm³/mol. The van der Waals surface area contributed by atoms with Gasteiger partial charge >= 0.3 is 5.97 Å². The van der Waals surface area contributed by atoms with Crippen LogP contribution in [0, 0.1) is 0 Å². The van der Waals surface area contributed by atoms with Crippen LogP contribution in [0.5, 0.6) is 0 Å². The van der Waals surface area contributed by atoms with Crippen molar-refractivity contribution in [2.75, 3.05) is 0 Å². The van der Waals surface area contributed by atoms with Crippen LogP contribution in [-0.4, -0.2) is 17.6 Å². The molecular formula is C13H16ClNO2. The van der Waals surface area contributed by atoms with Crippen LogP contribution in [0.1, 0.15) is 32.4 Å². The Hall–Kier alpha value is -1.06. The van der Waals surface area contributed by atoms with Crippen LogP contribution in [0.3, 0.4) is 0 Å². The highest BCUT2D eigenvalue weighted by Crippen LogP contribution is 2.32. The zero-order chi connectivity index (χ0) is 12.6. The summed E-state index contributed by atoms with van der Waals surface area (Å²) in [5, 5.41) is 3.81. The second kappa shape index (κ2) is 4.31. The maximum atomic E-state index is 11.8. The first kappa shape index (κ1) is 12.4. The number of benzene rings is 1. The third-order valence-corrected chi connectivity index (χ3v) is 2.73. The van der Waals surface area contributed by atoms with Crippen LogP contribution >= 0.6 is 11.6 Å². The average molecular weight is 254 g/mol. The SMILES string of the molecule is CC(C)(C)OC(=O)C1NC1c1ccc(Cl)cc1. The van der Waals surface area contributed by atoms with Crippen LogP contribution in [-0.2, 0) is 9.53 Å². The minimum absolute atomic E-state index is 0.0575. The van der Waals surface area contributed by atoms with Gasteiger partial charge < -0.3 is 4.74 Å². The van der Waals surface area contributed by atoms with E-state index in [1.807, 2.05) is 45.0 Å². The molecule has 1 aromatic rings. The van der Waals surface area contributed by atoms with Gasteiger partial charge in [0.1, 0.15) is 11.6 Å². The minimum Gasteiger partial charge on any atom is -0.459 e. The third-order valence-electron chi connectivity index (χ3n) is 2.47. The number of rotatable bonds is 2. The first-order valence-corrected chi connectivity index (χ1v) is 5.99. The van der Waals surface area contributed by atoms with E-state index in [9.17, 15) is 4.79 Å². The lowest BCUT2D eigenvalue weighted by atomic mass is 10.1. The maximum absolute atomic E-state index is 11.8. The van der Waals surface area contributed by atoms with Crippen molar-refractivity contribution in [1.29, 1.82) is 0 Å². The molecule has 4 heteroatoms. The van der Waals surface area contributed by atoms with Crippen molar-refractivity contribution in [3.63, 3.8) is 0 Å². The fraction of sp³-hybridized carbons (Fsp3) is 0.462. The largest absolute Gasteiger partial charge is 0.459 e. The Balaban J connectivity index is 1.96. The third kappa shape index (κ3) is 3.20. The summed E-state index contributed by atoms with van der Waals surface area (Å²) < 4.78 is 5.31. The molecule has 3 nitrogen and oxygen atoms in total. The molecule has 1 saturated heterocycles. The lowest BCUT2D eigenvalue weighted by Crippen LogP contribution is -2.27. The summed E-state index contributed by atoms with van der Waals surface area (Å²) in [6.45, 7) is 5.60. The Labute approximate surface area is 106 Å². The van der Waals surface area contributed by atoms with Crippen molar-refractivity contribution in [3.8, 4) is 0 Å². The number of ether oxygens (including phenoxy) is 1. The van der Waals surface area contributed by atoms with Crippen LogP contribution < -0.4 is 5.32 Å². The van der Waals surface area contributed by atoms with Gasteiger partial charge in [0.15, 0.2) is 0 Å². The average Bonchev–Trinajstić information content (AvgIpc) is 2.96. The topological polar surface area (TPSA) is 48.2 Å². The van der Waals surface area contributed by atoms with Gasteiger partial charge in [0.2, 0.25) is 0 Å². The van der Waals surface area contributed by atoms with Gasteiger partial charge in [-0.3, -0.25) is 10.1 Å². The smallest absolute Gasteiger partial charge is 0.325 e. The fourth-order valence-corrected chi connectivity index (χ4v) is 1.79. The quantitative estimate of drug-likeness (QED) is 0.651. The minimum atomic E-state index is -0.439. The molecule has 92 valence electrons. The zero-order valence-corrected chi connectivity index (χ0v) is 10.9. The van der Waals surface area contributed by atoms with Gasteiger partial charge in [-0.1, -0.05) is 23.7 Å². The molecule has 17 heavy (non-hydrogen) atoms. The maximum Gasteiger partial charge on any atom is 0.325 e. The normalized spacial score (nSPS) is 23.3. The summed E-state index contributed by atoms with van der Waals surface area (Å²) in [5.41, 5.74) is 0.622. The van der Waals surface area contributed by atoms with Gasteiger partial charge in [0, 0.05) is 5.02 Å². The van der Waals surface area contributed by atoms with Crippen molar-refractivity contribution < 1.29 is 9.53 Å². The molecule has 2 rings (SSSR count). The molecule has 0 amide bonds. The molecule has 0 spiro atoms. The molecule has 1 heterocycles. The molecule has 1 aromatic carbocycles. The number of esters is 1. The van der Waals surface area contributed by atoms with Crippen molar-refractivity contribution in [2.45, 2.75) is 38.5 Å². The first-order valence-electron chi connectivity index (χ1n) is 5.61. The number of hydrogen-bond acceptors (Lipinski definition) is 3. The summed E-state index contributed by atoms with van der Waals surface area (Å²) >= 11 is 5.81. The van der Waals surface area contributed by atoms with Crippen molar-refractivity contribution in [3.05, 3.63) is 34.9 Å². The number of hydrogen-bond donors (Lipinski definition) is 1. The highest BCUT2D eigenvalue weighted by Gasteiger charge is 2.45. The van der Waals surface area contributed by atoms with Crippen molar-refractivity contribution in [2.24, 2.45) is 0 Å². The van der Waals surface area contributed by atoms with Gasteiger partial charge in [-0.05, 0) is 38.5 Å². The zero-order valence-electron chi connectivity index (χ0n) is 10.2. The summed E-state index contributed by atoms with van der Waals surface area (Å²) in [7, 11) is 0. The van der Waals surface area contributed by atoms with Crippen molar-refractivity contribution >= 4 is 17.6 Å². The van der Waals surface area contributed by atoms with Crippen LogP contribution in [0.15, 0.2) is 24.3 Å². The molecule has 0 aromatic heterocycles. The number of carbonyl (C=O) groups excluding carboxylic acids is 1. The van der Waals surface area contributed by atoms with Crippen LogP contribution in [0.25, 0.3) is 0 Å². The second-order valence-corrected chi connectivity index (χ2v) is 5.64. The molecule has 1 fully saturated rings. The molecule has 1 aliphatic rings. The van der Waals surface area contributed by atoms with Crippen LogP contribution in [0.2, 0.25) is 5.02 Å². The molecule has 0 radical (unpaired) electrons. The van der Waals surface area contributed by atoms with Crippen LogP contribution in [0.4, 0.5) is 0 Å². The summed E-state index contributed by atoms with van der Waals surface area (Å²) in [6.07, 6.45) is 0. The van der Waals surface area contributed by atoms with E-state index >= 15 is 0 Å². The molecular weight excluding hydrogens is 238 g/mol. The molecule has 0 aliphatic carbocycles. The Kier molecular flexibility index (Phi) is 3.15. The Morgan fingerprint density at radius 1 is 1.29 bits per heavy atom. The van der Waals surface area contributed by atoms with Gasteiger partial charge in [0.25, 0.3) is 0 Å². The standard InChI is InChI=1S/C13H16ClNO2/c1-13(2,3)17-12(16)11-10(15-11)8-4-6-9(14)7-5-8/h4-7,10-11,15H,1-3H3. The lowest BCUT2D eigenvalue weighted by Gasteiger charge is -2.19. The highest BCUT2D eigenvalue weighted by molar-refractivity contribution is 6.30. The summed E-state index contributed by atoms with van der Waals surface area (Å²) in [4.78, 5) is 11.8. The lowest BCUT2D eigenvalue weighted by molar-refractivity contribution is -0.154. The van der Waals surface area contributed by atoms with E-state index in [-0.39, 0.29) is 18.1 Å². The number of halogens is 1. The van der Waals surface area contributed by atoms with E-state index in [1.54, 1.807) is 0 Å². The Morgan fingerprint density at radius 2 is 1.88 bits per heavy atom. The predicted octanol–water partition coefficient (Wildman–Crippen LogP) is 2.69. The summed E-state index contributed by atoms with van der Waals surface area (Å²) in [5.74, 6) is -0.197. The second-order valence-electron chi connectivity index (χ2n) is 5.21. The van der Waals surface area contributed by atoms with Crippen molar-refractivity contribution in [1.82, 2.24) is 5.32 Å².